The van der Waals surface area contributed by atoms with Crippen LogP contribution in [0.5, 0.6) is 0 Å². The number of nitrogens with zero attached hydrogens (tertiary/aromatic N) is 3. The van der Waals surface area contributed by atoms with Gasteiger partial charge in [-0.05, 0) is 18.2 Å². The molecular weight excluding hydrogens is 394 g/mol. The molecule has 29 heavy (non-hydrogen) atoms. The summed E-state index contributed by atoms with van der Waals surface area (Å²) in [5.74, 6) is 0.427. The number of carboxylic acid groups (broad SMARTS) is 1. The molecular formula is C19H19N5O4S. The molecule has 0 aliphatic carbocycles. The van der Waals surface area contributed by atoms with Crippen LogP contribution in [0.1, 0.15) is 47.7 Å². The molecule has 0 bridgehead atoms. The largest absolute Gasteiger partial charge is 0.478 e. The van der Waals surface area contributed by atoms with Gasteiger partial charge in [0.1, 0.15) is 11.6 Å². The van der Waals surface area contributed by atoms with E-state index in [1.54, 1.807) is 24.5 Å². The Balaban J connectivity index is 1.57. The number of hydrogen-bond acceptors (Lipinski definition) is 7. The normalized spacial score (nSPS) is 11.6. The second-order valence-electron chi connectivity index (χ2n) is 7.03. The number of thiazole rings is 1. The smallest absolute Gasteiger partial charge is 0.337 e. The van der Waals surface area contributed by atoms with Crippen LogP contribution >= 0.6 is 11.3 Å². The minimum absolute atomic E-state index is 0.0352. The highest BCUT2D eigenvalue weighted by molar-refractivity contribution is 7.16. The molecule has 3 heterocycles. The summed E-state index contributed by atoms with van der Waals surface area (Å²) in [7, 11) is 0. The first kappa shape index (κ1) is 20.2. The van der Waals surface area contributed by atoms with E-state index in [9.17, 15) is 9.59 Å². The van der Waals surface area contributed by atoms with Crippen LogP contribution in [0.3, 0.4) is 0 Å². The van der Waals surface area contributed by atoms with E-state index in [1.165, 1.54) is 23.5 Å². The molecule has 0 saturated heterocycles. The fourth-order valence-electron chi connectivity index (χ4n) is 2.13. The van der Waals surface area contributed by atoms with Gasteiger partial charge in [0.2, 0.25) is 5.89 Å². The van der Waals surface area contributed by atoms with Crippen molar-refractivity contribution in [2.45, 2.75) is 26.2 Å². The summed E-state index contributed by atoms with van der Waals surface area (Å²) < 4.78 is 5.69. The number of urea groups is 1. The van der Waals surface area contributed by atoms with Gasteiger partial charge in [0.05, 0.1) is 11.8 Å². The minimum atomic E-state index is -1.09. The molecule has 3 rings (SSSR count). The molecule has 2 amide bonds. The average Bonchev–Trinajstić information content (AvgIpc) is 3.29. The lowest BCUT2D eigenvalue weighted by molar-refractivity contribution is 0.0696. The fourth-order valence-corrected chi connectivity index (χ4v) is 2.84. The van der Waals surface area contributed by atoms with Gasteiger partial charge in [-0.15, -0.1) is 0 Å². The number of anilines is 2. The summed E-state index contributed by atoms with van der Waals surface area (Å²) >= 11 is 1.27. The summed E-state index contributed by atoms with van der Waals surface area (Å²) in [5.41, 5.74) is -0.0791. The standard InChI is InChI=1S/C19H19N5O4S/c1-19(2,3)13-10-21-15(28-13)7-5-12-9-22-18(29-12)24-17(27)23-14-6-4-11(8-20-14)16(25)26/h4-10H,1-3H3,(H,25,26)(H2,20,22,23,24,27)/b7-5+. The SMILES string of the molecule is CC(C)(C)c1cnc(/C=C/c2cnc(NC(=O)Nc3ccc(C(=O)O)cn3)s2)o1. The molecule has 0 atom stereocenters. The number of aromatic nitrogens is 3. The number of carbonyl (C=O) groups excluding carboxylic acids is 1. The minimum Gasteiger partial charge on any atom is -0.478 e. The van der Waals surface area contributed by atoms with Crippen molar-refractivity contribution in [2.75, 3.05) is 10.6 Å². The van der Waals surface area contributed by atoms with E-state index in [-0.39, 0.29) is 16.8 Å². The summed E-state index contributed by atoms with van der Waals surface area (Å²) in [4.78, 5) is 35.9. The van der Waals surface area contributed by atoms with Crippen LogP contribution < -0.4 is 10.6 Å². The predicted molar refractivity (Wildman–Crippen MR) is 110 cm³/mol. The number of oxazole rings is 1. The molecule has 0 saturated carbocycles. The molecule has 150 valence electrons. The highest BCUT2D eigenvalue weighted by Gasteiger charge is 2.18. The maximum atomic E-state index is 12.0. The topological polar surface area (TPSA) is 130 Å². The lowest BCUT2D eigenvalue weighted by atomic mass is 9.94. The zero-order chi connectivity index (χ0) is 21.0. The lowest BCUT2D eigenvalue weighted by Gasteiger charge is -2.12. The van der Waals surface area contributed by atoms with E-state index < -0.39 is 12.0 Å². The van der Waals surface area contributed by atoms with Gasteiger partial charge in [0.15, 0.2) is 5.13 Å². The van der Waals surface area contributed by atoms with Crippen LogP contribution in [0, 0.1) is 0 Å². The van der Waals surface area contributed by atoms with Crippen molar-refractivity contribution in [3.8, 4) is 0 Å². The first-order valence-electron chi connectivity index (χ1n) is 8.58. The van der Waals surface area contributed by atoms with Gasteiger partial charge in [-0.25, -0.2) is 24.5 Å². The molecule has 9 nitrogen and oxygen atoms in total. The zero-order valence-corrected chi connectivity index (χ0v) is 16.8. The van der Waals surface area contributed by atoms with Gasteiger partial charge in [-0.3, -0.25) is 10.6 Å². The highest BCUT2D eigenvalue weighted by Crippen LogP contribution is 2.24. The number of carbonyl (C=O) groups is 2. The number of aromatic carboxylic acids is 1. The lowest BCUT2D eigenvalue weighted by Crippen LogP contribution is -2.20. The maximum Gasteiger partial charge on any atom is 0.337 e. The van der Waals surface area contributed by atoms with E-state index in [4.69, 9.17) is 9.52 Å². The second-order valence-corrected chi connectivity index (χ2v) is 8.09. The van der Waals surface area contributed by atoms with E-state index >= 15 is 0 Å². The number of nitrogens with one attached hydrogen (secondary N) is 2. The second kappa shape index (κ2) is 8.23. The molecule has 3 aromatic heterocycles. The summed E-state index contributed by atoms with van der Waals surface area (Å²) in [6.45, 7) is 6.13. The molecule has 0 fully saturated rings. The maximum absolute atomic E-state index is 12.0. The Morgan fingerprint density at radius 1 is 1.07 bits per heavy atom. The van der Waals surface area contributed by atoms with Crippen molar-refractivity contribution in [2.24, 2.45) is 0 Å². The average molecular weight is 413 g/mol. The Hall–Kier alpha value is -3.53. The third-order valence-corrected chi connectivity index (χ3v) is 4.53. The van der Waals surface area contributed by atoms with Crippen LogP contribution in [0.2, 0.25) is 0 Å². The number of amides is 2. The third-order valence-electron chi connectivity index (χ3n) is 3.65. The Kier molecular flexibility index (Phi) is 5.74. The van der Waals surface area contributed by atoms with Crippen molar-refractivity contribution >= 4 is 46.4 Å². The summed E-state index contributed by atoms with van der Waals surface area (Å²) in [6, 6.07) is 2.22. The first-order valence-corrected chi connectivity index (χ1v) is 9.40. The third kappa shape index (κ3) is 5.48. The molecule has 0 spiro atoms. The van der Waals surface area contributed by atoms with Crippen molar-refractivity contribution in [3.63, 3.8) is 0 Å². The van der Waals surface area contributed by atoms with E-state index in [0.717, 1.165) is 16.8 Å². The van der Waals surface area contributed by atoms with Gasteiger partial charge in [-0.1, -0.05) is 32.1 Å². The van der Waals surface area contributed by atoms with Gasteiger partial charge >= 0.3 is 12.0 Å². The predicted octanol–water partition coefficient (Wildman–Crippen LogP) is 4.34. The van der Waals surface area contributed by atoms with Crippen molar-refractivity contribution < 1.29 is 19.1 Å². The van der Waals surface area contributed by atoms with Gasteiger partial charge in [0, 0.05) is 28.8 Å². The molecule has 3 aromatic rings. The van der Waals surface area contributed by atoms with Crippen molar-refractivity contribution in [1.82, 2.24) is 15.0 Å². The van der Waals surface area contributed by atoms with Crippen LogP contribution in [-0.4, -0.2) is 32.1 Å². The van der Waals surface area contributed by atoms with Crippen molar-refractivity contribution in [3.05, 3.63) is 52.8 Å². The van der Waals surface area contributed by atoms with Crippen LogP contribution in [0.4, 0.5) is 15.7 Å². The Morgan fingerprint density at radius 2 is 1.86 bits per heavy atom. The van der Waals surface area contributed by atoms with E-state index in [1.807, 2.05) is 20.8 Å². The molecule has 0 aromatic carbocycles. The zero-order valence-electron chi connectivity index (χ0n) is 16.0. The monoisotopic (exact) mass is 413 g/mol. The number of pyridine rings is 1. The molecule has 10 heteroatoms. The molecule has 0 radical (unpaired) electrons. The fraction of sp³-hybridized carbons (Fsp3) is 0.211. The number of carboxylic acids is 1. The van der Waals surface area contributed by atoms with Gasteiger partial charge in [0.25, 0.3) is 0 Å². The number of hydrogen-bond donors (Lipinski definition) is 3. The van der Waals surface area contributed by atoms with Crippen LogP contribution in [0.15, 0.2) is 35.1 Å². The van der Waals surface area contributed by atoms with Crippen LogP contribution in [0.25, 0.3) is 12.2 Å². The molecule has 0 aliphatic rings. The Labute approximate surface area is 170 Å². The van der Waals surface area contributed by atoms with Crippen molar-refractivity contribution in [1.29, 1.82) is 0 Å². The Bertz CT molecular complexity index is 1050. The quantitative estimate of drug-likeness (QED) is 0.567. The van der Waals surface area contributed by atoms with Gasteiger partial charge < -0.3 is 9.52 Å². The van der Waals surface area contributed by atoms with E-state index in [2.05, 4.69) is 25.6 Å². The summed E-state index contributed by atoms with van der Waals surface area (Å²) in [6.07, 6.45) is 8.02. The molecule has 3 N–H and O–H groups in total. The van der Waals surface area contributed by atoms with Gasteiger partial charge in [-0.2, -0.15) is 0 Å². The number of rotatable bonds is 5. The van der Waals surface area contributed by atoms with E-state index in [0.29, 0.717) is 11.0 Å². The van der Waals surface area contributed by atoms with Crippen LogP contribution in [-0.2, 0) is 5.41 Å². The molecule has 0 unspecified atom stereocenters. The molecule has 0 aliphatic heterocycles. The Morgan fingerprint density at radius 3 is 2.48 bits per heavy atom. The summed E-state index contributed by atoms with van der Waals surface area (Å²) in [5, 5.41) is 14.4. The first-order chi connectivity index (χ1) is 13.7. The highest BCUT2D eigenvalue weighted by atomic mass is 32.1.